The fraction of sp³-hybridized carbons (Fsp3) is 0.562. The van der Waals surface area contributed by atoms with Crippen molar-refractivity contribution < 1.29 is 0 Å². The minimum atomic E-state index is 0.381. The molecule has 1 aromatic rings. The zero-order chi connectivity index (χ0) is 14.5. The van der Waals surface area contributed by atoms with E-state index >= 15 is 0 Å². The summed E-state index contributed by atoms with van der Waals surface area (Å²) in [4.78, 5) is 4.93. The molecule has 1 aromatic carbocycles. The lowest BCUT2D eigenvalue weighted by molar-refractivity contribution is 0.193. The van der Waals surface area contributed by atoms with E-state index in [4.69, 9.17) is 11.0 Å². The van der Waals surface area contributed by atoms with Crippen LogP contribution >= 0.6 is 0 Å². The molecule has 0 spiro atoms. The SMILES string of the molecule is CCC(C)N1CCN(c2ccc(N)c(CC#N)c2)CC1. The van der Waals surface area contributed by atoms with E-state index in [1.165, 1.54) is 12.1 Å². The average Bonchev–Trinajstić information content (AvgIpc) is 2.49. The lowest BCUT2D eigenvalue weighted by Gasteiger charge is -2.39. The first-order valence-electron chi connectivity index (χ1n) is 7.40. The molecule has 108 valence electrons. The third-order valence-electron chi connectivity index (χ3n) is 4.29. The van der Waals surface area contributed by atoms with Gasteiger partial charge in [0.05, 0.1) is 12.5 Å². The fourth-order valence-electron chi connectivity index (χ4n) is 2.71. The number of piperazine rings is 1. The van der Waals surface area contributed by atoms with Crippen molar-refractivity contribution in [1.82, 2.24) is 4.90 Å². The smallest absolute Gasteiger partial charge is 0.0670 e. The van der Waals surface area contributed by atoms with Gasteiger partial charge >= 0.3 is 0 Å². The monoisotopic (exact) mass is 272 g/mol. The number of hydrogen-bond donors (Lipinski definition) is 1. The number of benzene rings is 1. The maximum absolute atomic E-state index is 8.84. The first-order valence-corrected chi connectivity index (χ1v) is 7.40. The molecule has 1 aliphatic heterocycles. The summed E-state index contributed by atoms with van der Waals surface area (Å²) in [7, 11) is 0. The van der Waals surface area contributed by atoms with E-state index in [0.29, 0.717) is 18.2 Å². The standard InChI is InChI=1S/C16H24N4/c1-3-13(2)19-8-10-20(11-9-19)15-4-5-16(18)14(12-15)6-7-17/h4-5,12-13H,3,6,8-11,18H2,1-2H3. The highest BCUT2D eigenvalue weighted by atomic mass is 15.3. The molecule has 0 bridgehead atoms. The van der Waals surface area contributed by atoms with Crippen LogP contribution in [0.3, 0.4) is 0 Å². The van der Waals surface area contributed by atoms with Crippen LogP contribution in [-0.2, 0) is 6.42 Å². The minimum Gasteiger partial charge on any atom is -0.398 e. The first kappa shape index (κ1) is 14.7. The van der Waals surface area contributed by atoms with Crippen molar-refractivity contribution in [2.45, 2.75) is 32.7 Å². The molecule has 1 fully saturated rings. The fourth-order valence-corrected chi connectivity index (χ4v) is 2.71. The van der Waals surface area contributed by atoms with Gasteiger partial charge in [-0.1, -0.05) is 6.92 Å². The van der Waals surface area contributed by atoms with Crippen LogP contribution in [0.5, 0.6) is 0 Å². The summed E-state index contributed by atoms with van der Waals surface area (Å²) < 4.78 is 0. The Kier molecular flexibility index (Phi) is 4.86. The zero-order valence-electron chi connectivity index (χ0n) is 12.5. The summed E-state index contributed by atoms with van der Waals surface area (Å²) in [5.74, 6) is 0. The van der Waals surface area contributed by atoms with Gasteiger partial charge in [-0.2, -0.15) is 5.26 Å². The maximum atomic E-state index is 8.84. The van der Waals surface area contributed by atoms with E-state index in [1.54, 1.807) is 0 Å². The summed E-state index contributed by atoms with van der Waals surface area (Å²) in [6, 6.07) is 8.89. The van der Waals surface area contributed by atoms with E-state index in [-0.39, 0.29) is 0 Å². The Balaban J connectivity index is 2.04. The molecule has 0 radical (unpaired) electrons. The van der Waals surface area contributed by atoms with Gasteiger partial charge in [0, 0.05) is 43.6 Å². The van der Waals surface area contributed by atoms with Crippen LogP contribution in [0.25, 0.3) is 0 Å². The second-order valence-corrected chi connectivity index (χ2v) is 5.50. The normalized spacial score (nSPS) is 17.8. The van der Waals surface area contributed by atoms with Gasteiger partial charge in [0.15, 0.2) is 0 Å². The molecule has 2 rings (SSSR count). The number of hydrogen-bond acceptors (Lipinski definition) is 4. The van der Waals surface area contributed by atoms with Gasteiger partial charge in [0.1, 0.15) is 0 Å². The topological polar surface area (TPSA) is 56.3 Å². The molecule has 2 N–H and O–H groups in total. The van der Waals surface area contributed by atoms with Crippen LogP contribution in [0.4, 0.5) is 11.4 Å². The Hall–Kier alpha value is -1.73. The van der Waals surface area contributed by atoms with Gasteiger partial charge in [0.25, 0.3) is 0 Å². The van der Waals surface area contributed by atoms with E-state index in [0.717, 1.165) is 31.7 Å². The lowest BCUT2D eigenvalue weighted by Crippen LogP contribution is -2.49. The molecule has 0 saturated carbocycles. The van der Waals surface area contributed by atoms with Crippen LogP contribution in [0.15, 0.2) is 18.2 Å². The quantitative estimate of drug-likeness (QED) is 0.854. The van der Waals surface area contributed by atoms with Gasteiger partial charge < -0.3 is 10.6 Å². The molecular weight excluding hydrogens is 248 g/mol. The predicted octanol–water partition coefficient (Wildman–Crippen LogP) is 2.26. The molecule has 4 heteroatoms. The first-order chi connectivity index (χ1) is 9.65. The Labute approximate surface area is 121 Å². The largest absolute Gasteiger partial charge is 0.398 e. The Morgan fingerprint density at radius 3 is 2.60 bits per heavy atom. The molecule has 1 unspecified atom stereocenters. The molecule has 0 aromatic heterocycles. The van der Waals surface area contributed by atoms with E-state index < -0.39 is 0 Å². The average molecular weight is 272 g/mol. The number of nitrogens with zero attached hydrogens (tertiary/aromatic N) is 3. The van der Waals surface area contributed by atoms with E-state index in [9.17, 15) is 0 Å². The van der Waals surface area contributed by atoms with Crippen molar-refractivity contribution in [1.29, 1.82) is 5.26 Å². The Morgan fingerprint density at radius 1 is 1.30 bits per heavy atom. The van der Waals surface area contributed by atoms with Gasteiger partial charge in [-0.25, -0.2) is 0 Å². The van der Waals surface area contributed by atoms with Crippen LogP contribution in [0.2, 0.25) is 0 Å². The molecule has 4 nitrogen and oxygen atoms in total. The molecule has 0 amide bonds. The van der Waals surface area contributed by atoms with Crippen molar-refractivity contribution in [3.05, 3.63) is 23.8 Å². The van der Waals surface area contributed by atoms with Crippen LogP contribution in [0, 0.1) is 11.3 Å². The molecule has 20 heavy (non-hydrogen) atoms. The molecule has 1 atom stereocenters. The van der Waals surface area contributed by atoms with Gasteiger partial charge in [-0.05, 0) is 37.1 Å². The van der Waals surface area contributed by atoms with Crippen molar-refractivity contribution in [3.63, 3.8) is 0 Å². The highest BCUT2D eigenvalue weighted by Gasteiger charge is 2.20. The van der Waals surface area contributed by atoms with Gasteiger partial charge in [-0.15, -0.1) is 0 Å². The number of rotatable bonds is 4. The number of nitrogens with two attached hydrogens (primary N) is 1. The summed E-state index contributed by atoms with van der Waals surface area (Å²) in [6.07, 6.45) is 1.58. The minimum absolute atomic E-state index is 0.381. The van der Waals surface area contributed by atoms with Gasteiger partial charge in [0.2, 0.25) is 0 Å². The van der Waals surface area contributed by atoms with Crippen LogP contribution < -0.4 is 10.6 Å². The summed E-state index contributed by atoms with van der Waals surface area (Å²) in [5.41, 5.74) is 8.75. The van der Waals surface area contributed by atoms with Crippen LogP contribution in [0.1, 0.15) is 25.8 Å². The van der Waals surface area contributed by atoms with Crippen LogP contribution in [-0.4, -0.2) is 37.1 Å². The molecular formula is C16H24N4. The summed E-state index contributed by atoms with van der Waals surface area (Å²) in [6.45, 7) is 8.83. The second-order valence-electron chi connectivity index (χ2n) is 5.50. The maximum Gasteiger partial charge on any atom is 0.0670 e. The Bertz CT molecular complexity index is 484. The van der Waals surface area contributed by atoms with E-state index in [2.05, 4.69) is 41.8 Å². The third kappa shape index (κ3) is 3.23. The highest BCUT2D eigenvalue weighted by Crippen LogP contribution is 2.23. The molecule has 1 aliphatic rings. The lowest BCUT2D eigenvalue weighted by atomic mass is 10.1. The number of nitriles is 1. The molecule has 1 heterocycles. The number of anilines is 2. The van der Waals surface area contributed by atoms with Crippen molar-refractivity contribution in [2.75, 3.05) is 36.8 Å². The summed E-state index contributed by atoms with van der Waals surface area (Å²) in [5, 5.41) is 8.84. The van der Waals surface area contributed by atoms with E-state index in [1.807, 2.05) is 6.07 Å². The number of nitrogen functional groups attached to an aromatic ring is 1. The zero-order valence-corrected chi connectivity index (χ0v) is 12.5. The highest BCUT2D eigenvalue weighted by molar-refractivity contribution is 5.59. The second kappa shape index (κ2) is 6.62. The molecule has 1 saturated heterocycles. The predicted molar refractivity (Wildman–Crippen MR) is 83.7 cm³/mol. The van der Waals surface area contributed by atoms with Crippen molar-refractivity contribution in [3.8, 4) is 6.07 Å². The summed E-state index contributed by atoms with van der Waals surface area (Å²) >= 11 is 0. The third-order valence-corrected chi connectivity index (χ3v) is 4.29. The molecule has 0 aliphatic carbocycles. The van der Waals surface area contributed by atoms with Gasteiger partial charge in [-0.3, -0.25) is 4.90 Å². The van der Waals surface area contributed by atoms with Crippen molar-refractivity contribution in [2.24, 2.45) is 0 Å². The Morgan fingerprint density at radius 2 is 2.00 bits per heavy atom. The van der Waals surface area contributed by atoms with Crippen molar-refractivity contribution >= 4 is 11.4 Å².